The number of anilines is 1. The van der Waals surface area contributed by atoms with Gasteiger partial charge in [0.1, 0.15) is 6.04 Å². The first-order valence-corrected chi connectivity index (χ1v) is 9.44. The molecule has 1 aromatic rings. The molecule has 4 aliphatic rings. The number of hydrogen-bond donors (Lipinski definition) is 1. The Labute approximate surface area is 153 Å². The van der Waals surface area contributed by atoms with Crippen molar-refractivity contribution in [3.05, 3.63) is 42.0 Å². The minimum Gasteiger partial charge on any atom is -0.324 e. The van der Waals surface area contributed by atoms with Crippen LogP contribution in [0.15, 0.2) is 36.4 Å². The Kier molecular flexibility index (Phi) is 4.17. The van der Waals surface area contributed by atoms with E-state index in [1.807, 2.05) is 38.1 Å². The number of amides is 3. The molecule has 5 nitrogen and oxygen atoms in total. The normalized spacial score (nSPS) is 30.5. The van der Waals surface area contributed by atoms with Crippen molar-refractivity contribution in [3.63, 3.8) is 0 Å². The maximum Gasteiger partial charge on any atom is 0.247 e. The van der Waals surface area contributed by atoms with Crippen LogP contribution in [0.25, 0.3) is 0 Å². The number of likely N-dealkylation sites (tertiary alicyclic amines) is 1. The Balaban J connectivity index is 1.59. The van der Waals surface area contributed by atoms with Gasteiger partial charge in [-0.1, -0.05) is 37.3 Å². The molecule has 1 saturated carbocycles. The van der Waals surface area contributed by atoms with E-state index in [1.54, 1.807) is 0 Å². The summed E-state index contributed by atoms with van der Waals surface area (Å²) in [5.74, 6) is -0.871. The molecule has 0 aromatic heterocycles. The first-order valence-electron chi connectivity index (χ1n) is 9.44. The smallest absolute Gasteiger partial charge is 0.247 e. The van der Waals surface area contributed by atoms with Gasteiger partial charge in [-0.15, -0.1) is 0 Å². The summed E-state index contributed by atoms with van der Waals surface area (Å²) < 4.78 is 0. The van der Waals surface area contributed by atoms with Gasteiger partial charge in [-0.25, -0.2) is 0 Å². The molecule has 136 valence electrons. The number of fused-ring (bicyclic) bond motifs is 1. The topological polar surface area (TPSA) is 66.5 Å². The molecule has 1 aliphatic heterocycles. The van der Waals surface area contributed by atoms with Gasteiger partial charge in [0.05, 0.1) is 11.8 Å². The van der Waals surface area contributed by atoms with E-state index < -0.39 is 6.04 Å². The van der Waals surface area contributed by atoms with Gasteiger partial charge >= 0.3 is 0 Å². The third kappa shape index (κ3) is 2.49. The van der Waals surface area contributed by atoms with Gasteiger partial charge < -0.3 is 5.32 Å². The van der Waals surface area contributed by atoms with Gasteiger partial charge in [0.25, 0.3) is 0 Å². The van der Waals surface area contributed by atoms with E-state index in [2.05, 4.69) is 17.5 Å². The average molecular weight is 352 g/mol. The zero-order valence-electron chi connectivity index (χ0n) is 15.1. The van der Waals surface area contributed by atoms with Crippen LogP contribution in [-0.2, 0) is 14.4 Å². The molecule has 2 fully saturated rings. The van der Waals surface area contributed by atoms with Crippen LogP contribution in [0.1, 0.15) is 31.7 Å². The lowest BCUT2D eigenvalue weighted by Gasteiger charge is -2.38. The molecular weight excluding hydrogens is 328 g/mol. The van der Waals surface area contributed by atoms with Crippen LogP contribution in [0.5, 0.6) is 0 Å². The number of hydrogen-bond acceptors (Lipinski definition) is 3. The minimum atomic E-state index is -0.750. The number of carbonyl (C=O) groups is 3. The monoisotopic (exact) mass is 352 g/mol. The van der Waals surface area contributed by atoms with Crippen LogP contribution < -0.4 is 5.32 Å². The van der Waals surface area contributed by atoms with Gasteiger partial charge in [-0.05, 0) is 49.7 Å². The highest BCUT2D eigenvalue weighted by molar-refractivity contribution is 6.10. The SMILES string of the molecule is CCC(C(=O)Nc1ccccc1C)N1C(=O)C2C3C=CC(CC3)C2C1=O. The number of rotatable bonds is 4. The number of nitrogens with zero attached hydrogens (tertiary/aromatic N) is 1. The Morgan fingerprint density at radius 3 is 2.19 bits per heavy atom. The Morgan fingerprint density at radius 2 is 1.69 bits per heavy atom. The molecule has 0 spiro atoms. The van der Waals surface area contributed by atoms with Crippen molar-refractivity contribution in [2.45, 2.75) is 39.2 Å². The minimum absolute atomic E-state index is 0.142. The van der Waals surface area contributed by atoms with E-state index in [-0.39, 0.29) is 41.4 Å². The van der Waals surface area contributed by atoms with Crippen molar-refractivity contribution in [3.8, 4) is 0 Å². The predicted octanol–water partition coefficient (Wildman–Crippen LogP) is 2.91. The van der Waals surface area contributed by atoms with Crippen LogP contribution in [0.3, 0.4) is 0 Å². The van der Waals surface area contributed by atoms with Crippen molar-refractivity contribution in [2.75, 3.05) is 5.32 Å². The molecule has 5 heteroatoms. The summed E-state index contributed by atoms with van der Waals surface area (Å²) >= 11 is 0. The molecule has 5 rings (SSSR count). The fourth-order valence-corrected chi connectivity index (χ4v) is 4.82. The standard InChI is InChI=1S/C21H24N2O3/c1-3-16(19(24)22-15-7-5-4-6-12(15)2)23-20(25)17-13-8-9-14(11-10-13)18(17)21(23)26/h4-9,13-14,16-18H,3,10-11H2,1-2H3,(H,22,24). The van der Waals surface area contributed by atoms with Crippen LogP contribution in [0.2, 0.25) is 0 Å². The number of nitrogens with one attached hydrogen (secondary N) is 1. The summed E-state index contributed by atoms with van der Waals surface area (Å²) in [6.07, 6.45) is 6.52. The first-order chi connectivity index (χ1) is 12.5. The number of aryl methyl sites for hydroxylation is 1. The van der Waals surface area contributed by atoms with Gasteiger partial charge in [0, 0.05) is 5.69 Å². The van der Waals surface area contributed by atoms with Crippen LogP contribution in [0, 0.1) is 30.6 Å². The van der Waals surface area contributed by atoms with Crippen molar-refractivity contribution in [1.29, 1.82) is 0 Å². The zero-order chi connectivity index (χ0) is 18.4. The molecule has 3 amide bonds. The van der Waals surface area contributed by atoms with Crippen molar-refractivity contribution >= 4 is 23.4 Å². The molecule has 1 N–H and O–H groups in total. The molecule has 0 radical (unpaired) electrons. The highest BCUT2D eigenvalue weighted by Crippen LogP contribution is 2.50. The molecule has 5 unspecified atom stereocenters. The van der Waals surface area contributed by atoms with E-state index >= 15 is 0 Å². The number of carbonyl (C=O) groups excluding carboxylic acids is 3. The lowest BCUT2D eigenvalue weighted by Crippen LogP contribution is -2.47. The average Bonchev–Trinajstić information content (AvgIpc) is 2.93. The Hall–Kier alpha value is -2.43. The third-order valence-corrected chi connectivity index (χ3v) is 6.20. The van der Waals surface area contributed by atoms with E-state index in [9.17, 15) is 14.4 Å². The lowest BCUT2D eigenvalue weighted by atomic mass is 9.63. The van der Waals surface area contributed by atoms with Crippen molar-refractivity contribution < 1.29 is 14.4 Å². The summed E-state index contributed by atoms with van der Waals surface area (Å²) in [5.41, 5.74) is 1.67. The maximum atomic E-state index is 13.1. The Bertz CT molecular complexity index is 768. The molecule has 3 aliphatic carbocycles. The number of allylic oxidation sites excluding steroid dienone is 2. The van der Waals surface area contributed by atoms with Crippen LogP contribution in [0.4, 0.5) is 5.69 Å². The molecule has 5 atom stereocenters. The zero-order valence-corrected chi connectivity index (χ0v) is 15.1. The van der Waals surface area contributed by atoms with Gasteiger partial charge in [0.15, 0.2) is 0 Å². The number of benzene rings is 1. The summed E-state index contributed by atoms with van der Waals surface area (Å²) in [5, 5.41) is 2.90. The third-order valence-electron chi connectivity index (χ3n) is 6.20. The lowest BCUT2D eigenvalue weighted by molar-refractivity contribution is -0.146. The molecule has 1 saturated heterocycles. The highest BCUT2D eigenvalue weighted by atomic mass is 16.2. The second-order valence-electron chi connectivity index (χ2n) is 7.62. The molecule has 1 aromatic carbocycles. The first kappa shape index (κ1) is 17.0. The molecule has 1 heterocycles. The number of para-hydroxylation sites is 1. The quantitative estimate of drug-likeness (QED) is 0.669. The molecular formula is C21H24N2O3. The largest absolute Gasteiger partial charge is 0.324 e. The second kappa shape index (κ2) is 6.38. The summed E-state index contributed by atoms with van der Waals surface area (Å²) in [4.78, 5) is 40.3. The van der Waals surface area contributed by atoms with Gasteiger partial charge in [-0.3, -0.25) is 19.3 Å². The van der Waals surface area contributed by atoms with Crippen molar-refractivity contribution in [2.24, 2.45) is 23.7 Å². The van der Waals surface area contributed by atoms with Crippen molar-refractivity contribution in [1.82, 2.24) is 4.90 Å². The van der Waals surface area contributed by atoms with E-state index in [1.165, 1.54) is 4.90 Å². The highest BCUT2D eigenvalue weighted by Gasteiger charge is 2.58. The molecule has 26 heavy (non-hydrogen) atoms. The summed E-state index contributed by atoms with van der Waals surface area (Å²) in [6, 6.07) is 6.76. The summed E-state index contributed by atoms with van der Waals surface area (Å²) in [7, 11) is 0. The second-order valence-corrected chi connectivity index (χ2v) is 7.62. The van der Waals surface area contributed by atoms with Gasteiger partial charge in [-0.2, -0.15) is 0 Å². The predicted molar refractivity (Wildman–Crippen MR) is 98.1 cm³/mol. The van der Waals surface area contributed by atoms with Crippen LogP contribution >= 0.6 is 0 Å². The van der Waals surface area contributed by atoms with Crippen LogP contribution in [-0.4, -0.2) is 28.7 Å². The van der Waals surface area contributed by atoms with E-state index in [4.69, 9.17) is 0 Å². The Morgan fingerprint density at radius 1 is 1.12 bits per heavy atom. The fraction of sp³-hybridized carbons (Fsp3) is 0.476. The van der Waals surface area contributed by atoms with E-state index in [0.29, 0.717) is 12.1 Å². The number of imide groups is 1. The van der Waals surface area contributed by atoms with E-state index in [0.717, 1.165) is 18.4 Å². The van der Waals surface area contributed by atoms with Gasteiger partial charge in [0.2, 0.25) is 17.7 Å². The summed E-state index contributed by atoms with van der Waals surface area (Å²) in [6.45, 7) is 3.76. The fourth-order valence-electron chi connectivity index (χ4n) is 4.82. The molecule has 2 bridgehead atoms. The maximum absolute atomic E-state index is 13.1.